The standard InChI is InChI=1S/C14H40O2Si6/c1-17(2,3)18(4,5)15-13-14-16-22(12)20(8,9)19(6,7)21(22,10)11/h13-14H2,1-12H3. The zero-order chi connectivity index (χ0) is 17.8. The van der Waals surface area contributed by atoms with Gasteiger partial charge in [-0.05, 0) is 13.1 Å². The smallest absolute Gasteiger partial charge is 0.173 e. The van der Waals surface area contributed by atoms with Crippen molar-refractivity contribution in [1.29, 1.82) is 0 Å². The SMILES string of the molecule is C[Si](C)(C)[Si](C)(C)OCCO[Si]1(C)[Si](C)(C)[Si](C)(C)[Si]1(C)C. The summed E-state index contributed by atoms with van der Waals surface area (Å²) in [6.07, 6.45) is 0. The summed E-state index contributed by atoms with van der Waals surface area (Å²) in [5, 5.41) is 0. The molecule has 0 aliphatic carbocycles. The molecule has 132 valence electrons. The van der Waals surface area contributed by atoms with Crippen LogP contribution < -0.4 is 0 Å². The molecule has 1 aliphatic rings. The third kappa shape index (κ3) is 2.85. The van der Waals surface area contributed by atoms with Crippen molar-refractivity contribution in [2.24, 2.45) is 0 Å². The lowest BCUT2D eigenvalue weighted by atomic mass is 10.8. The van der Waals surface area contributed by atoms with Crippen LogP contribution in [0.15, 0.2) is 0 Å². The molecular weight excluding hydrogens is 369 g/mol. The van der Waals surface area contributed by atoms with Gasteiger partial charge >= 0.3 is 0 Å². The van der Waals surface area contributed by atoms with Crippen molar-refractivity contribution in [3.8, 4) is 0 Å². The van der Waals surface area contributed by atoms with Gasteiger partial charge < -0.3 is 8.85 Å². The van der Waals surface area contributed by atoms with Crippen LogP contribution in [-0.2, 0) is 8.85 Å². The lowest BCUT2D eigenvalue weighted by molar-refractivity contribution is 0.217. The molecule has 1 heterocycles. The number of hydrogen-bond acceptors (Lipinski definition) is 2. The quantitative estimate of drug-likeness (QED) is 0.469. The van der Waals surface area contributed by atoms with Crippen molar-refractivity contribution in [3.63, 3.8) is 0 Å². The monoisotopic (exact) mass is 408 g/mol. The van der Waals surface area contributed by atoms with Crippen molar-refractivity contribution >= 4 is 44.1 Å². The molecule has 0 saturated carbocycles. The highest BCUT2D eigenvalue weighted by Crippen LogP contribution is 2.51. The Morgan fingerprint density at radius 2 is 1.05 bits per heavy atom. The summed E-state index contributed by atoms with van der Waals surface area (Å²) in [5.74, 6) is 0. The summed E-state index contributed by atoms with van der Waals surface area (Å²) < 4.78 is 13.1. The molecular formula is C14H40O2Si6. The molecule has 1 rings (SSSR count). The Kier molecular flexibility index (Phi) is 5.69. The van der Waals surface area contributed by atoms with Gasteiger partial charge in [-0.2, -0.15) is 0 Å². The Bertz CT molecular complexity index is 408. The summed E-state index contributed by atoms with van der Waals surface area (Å²) in [5.41, 5.74) is 0. The second-order valence-corrected chi connectivity index (χ2v) is 72.6. The molecule has 0 radical (unpaired) electrons. The first-order valence-corrected chi connectivity index (χ1v) is 31.6. The molecule has 1 fully saturated rings. The molecule has 1 saturated heterocycles. The van der Waals surface area contributed by atoms with Gasteiger partial charge in [-0.15, -0.1) is 0 Å². The van der Waals surface area contributed by atoms with E-state index in [4.69, 9.17) is 8.85 Å². The maximum Gasteiger partial charge on any atom is 0.173 e. The molecule has 2 nitrogen and oxygen atoms in total. The third-order valence-electron chi connectivity index (χ3n) is 8.25. The zero-order valence-corrected chi connectivity index (χ0v) is 23.2. The minimum absolute atomic E-state index is 0.836. The molecule has 0 atom stereocenters. The highest BCUT2D eigenvalue weighted by molar-refractivity contribution is 8.12. The van der Waals surface area contributed by atoms with Crippen LogP contribution in [0.2, 0.25) is 78.6 Å². The topological polar surface area (TPSA) is 18.5 Å². The van der Waals surface area contributed by atoms with Crippen molar-refractivity contribution in [2.75, 3.05) is 13.2 Å². The van der Waals surface area contributed by atoms with E-state index < -0.39 is 44.1 Å². The van der Waals surface area contributed by atoms with E-state index in [1.54, 1.807) is 0 Å². The van der Waals surface area contributed by atoms with Crippen LogP contribution in [-0.4, -0.2) is 57.3 Å². The van der Waals surface area contributed by atoms with Crippen molar-refractivity contribution in [2.45, 2.75) is 78.6 Å². The summed E-state index contributed by atoms with van der Waals surface area (Å²) in [4.78, 5) is 0. The summed E-state index contributed by atoms with van der Waals surface area (Å²) in [6, 6.07) is 0. The predicted octanol–water partition coefficient (Wildman–Crippen LogP) is 4.67. The van der Waals surface area contributed by atoms with E-state index in [0.717, 1.165) is 13.2 Å². The molecule has 0 aromatic rings. The minimum Gasteiger partial charge on any atom is -0.421 e. The van der Waals surface area contributed by atoms with Gasteiger partial charge in [0, 0.05) is 7.11 Å². The van der Waals surface area contributed by atoms with Crippen LogP contribution in [0.5, 0.6) is 0 Å². The van der Waals surface area contributed by atoms with Gasteiger partial charge in [-0.25, -0.2) is 0 Å². The Morgan fingerprint density at radius 3 is 1.41 bits per heavy atom. The molecule has 0 unspecified atom stereocenters. The summed E-state index contributed by atoms with van der Waals surface area (Å²) in [7, 11) is -7.30. The van der Waals surface area contributed by atoms with Crippen molar-refractivity contribution < 1.29 is 8.85 Å². The molecule has 0 aromatic carbocycles. The van der Waals surface area contributed by atoms with E-state index in [0.29, 0.717) is 0 Å². The first kappa shape index (κ1) is 21.3. The molecule has 8 heteroatoms. The molecule has 0 spiro atoms. The second-order valence-electron chi connectivity index (χ2n) is 10.4. The van der Waals surface area contributed by atoms with Crippen LogP contribution in [0.1, 0.15) is 0 Å². The van der Waals surface area contributed by atoms with E-state index in [1.807, 2.05) is 0 Å². The Hall–Kier alpha value is 1.22. The third-order valence-corrected chi connectivity index (χ3v) is 121. The maximum absolute atomic E-state index is 6.75. The highest BCUT2D eigenvalue weighted by Gasteiger charge is 2.79. The highest BCUT2D eigenvalue weighted by atomic mass is 30.2. The van der Waals surface area contributed by atoms with Gasteiger partial charge in [0.25, 0.3) is 0 Å². The lowest BCUT2D eigenvalue weighted by Gasteiger charge is -2.71. The van der Waals surface area contributed by atoms with E-state index in [-0.39, 0.29) is 0 Å². The fourth-order valence-electron chi connectivity index (χ4n) is 3.81. The molecule has 0 aromatic heterocycles. The number of hydrogen-bond donors (Lipinski definition) is 0. The van der Waals surface area contributed by atoms with E-state index in [9.17, 15) is 0 Å². The largest absolute Gasteiger partial charge is 0.421 e. The zero-order valence-electron chi connectivity index (χ0n) is 17.2. The average Bonchev–Trinajstić information content (AvgIpc) is 2.31. The molecule has 1 aliphatic heterocycles. The van der Waals surface area contributed by atoms with Crippen molar-refractivity contribution in [3.05, 3.63) is 0 Å². The fourth-order valence-corrected chi connectivity index (χ4v) is 135. The Balaban J connectivity index is 2.67. The Labute approximate surface area is 144 Å². The van der Waals surface area contributed by atoms with Gasteiger partial charge in [-0.3, -0.25) is 0 Å². The van der Waals surface area contributed by atoms with Crippen LogP contribution >= 0.6 is 0 Å². The Morgan fingerprint density at radius 1 is 0.636 bits per heavy atom. The average molecular weight is 409 g/mol. The molecule has 0 bridgehead atoms. The number of rotatable bonds is 6. The van der Waals surface area contributed by atoms with Crippen LogP contribution in [0, 0.1) is 0 Å². The predicted molar refractivity (Wildman–Crippen MR) is 117 cm³/mol. The minimum atomic E-state index is -1.49. The molecule has 0 amide bonds. The van der Waals surface area contributed by atoms with E-state index >= 15 is 0 Å². The maximum atomic E-state index is 6.75. The first-order chi connectivity index (χ1) is 9.46. The van der Waals surface area contributed by atoms with Gasteiger partial charge in [0.1, 0.15) is 0 Å². The van der Waals surface area contributed by atoms with E-state index in [2.05, 4.69) is 78.6 Å². The molecule has 22 heavy (non-hydrogen) atoms. The van der Waals surface area contributed by atoms with Crippen LogP contribution in [0.25, 0.3) is 0 Å². The normalized spacial score (nSPS) is 25.6. The van der Waals surface area contributed by atoms with Crippen LogP contribution in [0.3, 0.4) is 0 Å². The summed E-state index contributed by atoms with van der Waals surface area (Å²) in [6.45, 7) is 32.3. The van der Waals surface area contributed by atoms with Gasteiger partial charge in [0.05, 0.1) is 35.0 Å². The van der Waals surface area contributed by atoms with Gasteiger partial charge in [0.2, 0.25) is 0 Å². The van der Waals surface area contributed by atoms with Gasteiger partial charge in [0.15, 0.2) is 15.2 Å². The van der Waals surface area contributed by atoms with Crippen LogP contribution in [0.4, 0.5) is 0 Å². The first-order valence-electron chi connectivity index (χ1n) is 8.74. The van der Waals surface area contributed by atoms with Gasteiger partial charge in [-0.1, -0.05) is 65.5 Å². The molecule has 0 N–H and O–H groups in total. The van der Waals surface area contributed by atoms with Crippen molar-refractivity contribution in [1.82, 2.24) is 0 Å². The van der Waals surface area contributed by atoms with E-state index in [1.165, 1.54) is 0 Å². The summed E-state index contributed by atoms with van der Waals surface area (Å²) >= 11 is 0. The lowest BCUT2D eigenvalue weighted by Crippen LogP contribution is -3.02. The second kappa shape index (κ2) is 5.89. The fraction of sp³-hybridized carbons (Fsp3) is 1.00.